The largest absolute Gasteiger partial charge is 0.497 e. The highest BCUT2D eigenvalue weighted by Gasteiger charge is 2.19. The molecule has 2 aromatic carbocycles. The smallest absolute Gasteiger partial charge is 0.254 e. The monoisotopic (exact) mass is 444 g/mol. The Morgan fingerprint density at radius 1 is 1.00 bits per heavy atom. The van der Waals surface area contributed by atoms with Gasteiger partial charge in [0.2, 0.25) is 0 Å². The molecule has 1 aliphatic heterocycles. The van der Waals surface area contributed by atoms with Gasteiger partial charge in [-0.3, -0.25) is 4.79 Å². The number of benzene rings is 2. The molecule has 168 valence electrons. The summed E-state index contributed by atoms with van der Waals surface area (Å²) in [5.74, 6) is 2.12. The van der Waals surface area contributed by atoms with Crippen LogP contribution in [0, 0.1) is 0 Å². The molecule has 1 fully saturated rings. The number of carbonyl (C=O) groups is 1. The molecule has 0 saturated carbocycles. The summed E-state index contributed by atoms with van der Waals surface area (Å²) in [4.78, 5) is 27.0. The van der Waals surface area contributed by atoms with E-state index in [1.165, 1.54) is 0 Å². The maximum atomic E-state index is 12.7. The number of hydrogen-bond donors (Lipinski definition) is 1. The number of nitrogens with zero attached hydrogens (tertiary/aromatic N) is 3. The number of ether oxygens (including phenoxy) is 3. The van der Waals surface area contributed by atoms with Gasteiger partial charge in [-0.2, -0.15) is 0 Å². The number of amides is 1. The van der Waals surface area contributed by atoms with Crippen molar-refractivity contribution in [1.82, 2.24) is 19.9 Å². The predicted molar refractivity (Wildman–Crippen MR) is 125 cm³/mol. The summed E-state index contributed by atoms with van der Waals surface area (Å²) in [5, 5.41) is 0. The standard InChI is InChI=1S/C25H24N4O4/c1-31-18-7-8-19(21(15-18)32-2)20-9-10-26-24-22(20)27-23(28-24)16-3-5-17(6-4-16)25(30)29-11-13-33-14-12-29/h3-10,15H,11-14H2,1-2H3,(H,26,27,28). The Morgan fingerprint density at radius 3 is 2.52 bits per heavy atom. The zero-order valence-electron chi connectivity index (χ0n) is 18.5. The van der Waals surface area contributed by atoms with E-state index in [4.69, 9.17) is 14.2 Å². The van der Waals surface area contributed by atoms with Crippen molar-refractivity contribution in [2.45, 2.75) is 0 Å². The van der Waals surface area contributed by atoms with Crippen LogP contribution in [0.3, 0.4) is 0 Å². The van der Waals surface area contributed by atoms with Gasteiger partial charge in [-0.05, 0) is 30.3 Å². The van der Waals surface area contributed by atoms with Gasteiger partial charge in [-0.1, -0.05) is 12.1 Å². The van der Waals surface area contributed by atoms with E-state index in [2.05, 4.69) is 15.0 Å². The van der Waals surface area contributed by atoms with E-state index < -0.39 is 0 Å². The number of methoxy groups -OCH3 is 2. The first-order valence-electron chi connectivity index (χ1n) is 10.7. The zero-order valence-corrected chi connectivity index (χ0v) is 18.5. The van der Waals surface area contributed by atoms with E-state index in [9.17, 15) is 4.79 Å². The number of rotatable bonds is 5. The second-order valence-electron chi connectivity index (χ2n) is 7.69. The Morgan fingerprint density at radius 2 is 1.79 bits per heavy atom. The van der Waals surface area contributed by atoms with Crippen LogP contribution in [0.25, 0.3) is 33.7 Å². The van der Waals surface area contributed by atoms with E-state index in [1.54, 1.807) is 20.4 Å². The molecule has 0 atom stereocenters. The van der Waals surface area contributed by atoms with Crippen LogP contribution in [0.5, 0.6) is 11.5 Å². The molecule has 0 bridgehead atoms. The Balaban J connectivity index is 1.48. The van der Waals surface area contributed by atoms with Crippen molar-refractivity contribution < 1.29 is 19.0 Å². The molecule has 4 aromatic rings. The SMILES string of the molecule is COc1ccc(-c2ccnc3nc(-c4ccc(C(=O)N5CCOCC5)cc4)[nH]c23)c(OC)c1. The van der Waals surface area contributed by atoms with Crippen LogP contribution in [-0.2, 0) is 4.74 Å². The number of aromatic nitrogens is 3. The number of morpholine rings is 1. The van der Waals surface area contributed by atoms with Crippen molar-refractivity contribution in [2.75, 3.05) is 40.5 Å². The van der Waals surface area contributed by atoms with Crippen LogP contribution in [0.2, 0.25) is 0 Å². The van der Waals surface area contributed by atoms with E-state index >= 15 is 0 Å². The lowest BCUT2D eigenvalue weighted by molar-refractivity contribution is 0.0303. The fourth-order valence-corrected chi connectivity index (χ4v) is 4.01. The maximum Gasteiger partial charge on any atom is 0.254 e. The van der Waals surface area contributed by atoms with Crippen molar-refractivity contribution in [3.05, 3.63) is 60.3 Å². The Hall–Kier alpha value is -3.91. The van der Waals surface area contributed by atoms with Crippen molar-refractivity contribution in [3.63, 3.8) is 0 Å². The number of H-pyrrole nitrogens is 1. The molecule has 1 aliphatic rings. The average Bonchev–Trinajstić information content (AvgIpc) is 3.33. The number of imidazole rings is 1. The van der Waals surface area contributed by atoms with E-state index in [0.29, 0.717) is 49.1 Å². The molecule has 3 heterocycles. The highest BCUT2D eigenvalue weighted by atomic mass is 16.5. The molecule has 0 radical (unpaired) electrons. The van der Waals surface area contributed by atoms with Crippen molar-refractivity contribution in [3.8, 4) is 34.0 Å². The van der Waals surface area contributed by atoms with E-state index in [1.807, 2.05) is 53.4 Å². The minimum absolute atomic E-state index is 0.0185. The zero-order chi connectivity index (χ0) is 22.8. The highest BCUT2D eigenvalue weighted by Crippen LogP contribution is 2.36. The van der Waals surface area contributed by atoms with E-state index in [-0.39, 0.29) is 5.91 Å². The van der Waals surface area contributed by atoms with Crippen LogP contribution in [0.4, 0.5) is 0 Å². The Labute approximate surface area is 191 Å². The summed E-state index contributed by atoms with van der Waals surface area (Å²) in [7, 11) is 3.26. The molecular weight excluding hydrogens is 420 g/mol. The molecule has 0 aliphatic carbocycles. The fourth-order valence-electron chi connectivity index (χ4n) is 4.01. The fraction of sp³-hybridized carbons (Fsp3) is 0.240. The molecule has 8 heteroatoms. The van der Waals surface area contributed by atoms with Crippen LogP contribution >= 0.6 is 0 Å². The quantitative estimate of drug-likeness (QED) is 0.504. The summed E-state index contributed by atoms with van der Waals surface area (Å²) in [5.41, 5.74) is 4.78. The first kappa shape index (κ1) is 21.0. The molecule has 2 aromatic heterocycles. The van der Waals surface area contributed by atoms with Crippen molar-refractivity contribution in [2.24, 2.45) is 0 Å². The molecule has 1 saturated heterocycles. The van der Waals surface area contributed by atoms with Gasteiger partial charge < -0.3 is 24.1 Å². The van der Waals surface area contributed by atoms with Gasteiger partial charge in [0.1, 0.15) is 17.3 Å². The lowest BCUT2D eigenvalue weighted by Gasteiger charge is -2.26. The number of hydrogen-bond acceptors (Lipinski definition) is 6. The van der Waals surface area contributed by atoms with Gasteiger partial charge in [-0.15, -0.1) is 0 Å². The molecule has 1 amide bonds. The lowest BCUT2D eigenvalue weighted by Crippen LogP contribution is -2.40. The average molecular weight is 444 g/mol. The molecule has 8 nitrogen and oxygen atoms in total. The van der Waals surface area contributed by atoms with Gasteiger partial charge in [0.15, 0.2) is 5.65 Å². The molecule has 0 spiro atoms. The van der Waals surface area contributed by atoms with Gasteiger partial charge >= 0.3 is 0 Å². The van der Waals surface area contributed by atoms with Gasteiger partial charge in [0.25, 0.3) is 5.91 Å². The topological polar surface area (TPSA) is 89.6 Å². The second-order valence-corrected chi connectivity index (χ2v) is 7.69. The van der Waals surface area contributed by atoms with Crippen LogP contribution in [0.1, 0.15) is 10.4 Å². The van der Waals surface area contributed by atoms with Crippen LogP contribution < -0.4 is 9.47 Å². The summed E-state index contributed by atoms with van der Waals surface area (Å²) in [6, 6.07) is 15.1. The third kappa shape index (κ3) is 4.01. The summed E-state index contributed by atoms with van der Waals surface area (Å²) >= 11 is 0. The van der Waals surface area contributed by atoms with Gasteiger partial charge in [0.05, 0.1) is 33.0 Å². The molecule has 0 unspecified atom stereocenters. The summed E-state index contributed by atoms with van der Waals surface area (Å²) < 4.78 is 16.2. The normalized spacial score (nSPS) is 13.8. The van der Waals surface area contributed by atoms with Crippen LogP contribution in [0.15, 0.2) is 54.7 Å². The summed E-state index contributed by atoms with van der Waals surface area (Å²) in [6.07, 6.45) is 1.73. The molecule has 5 rings (SSSR count). The van der Waals surface area contributed by atoms with Crippen LogP contribution in [-0.4, -0.2) is 66.3 Å². The molecule has 1 N–H and O–H groups in total. The minimum Gasteiger partial charge on any atom is -0.497 e. The Kier molecular flexibility index (Phi) is 5.66. The summed E-state index contributed by atoms with van der Waals surface area (Å²) in [6.45, 7) is 2.40. The minimum atomic E-state index is 0.0185. The van der Waals surface area contributed by atoms with Crippen molar-refractivity contribution >= 4 is 17.1 Å². The van der Waals surface area contributed by atoms with Gasteiger partial charge in [-0.25, -0.2) is 9.97 Å². The second kappa shape index (κ2) is 8.91. The Bertz CT molecular complexity index is 1290. The van der Waals surface area contributed by atoms with Crippen molar-refractivity contribution in [1.29, 1.82) is 0 Å². The number of nitrogens with one attached hydrogen (secondary N) is 1. The lowest BCUT2D eigenvalue weighted by atomic mass is 10.0. The predicted octanol–water partition coefficient (Wildman–Crippen LogP) is 3.78. The highest BCUT2D eigenvalue weighted by molar-refractivity contribution is 5.95. The number of fused-ring (bicyclic) bond motifs is 1. The first-order valence-corrected chi connectivity index (χ1v) is 10.7. The third-order valence-electron chi connectivity index (χ3n) is 5.79. The molecular formula is C25H24N4O4. The number of carbonyl (C=O) groups excluding carboxylic acids is 1. The number of pyridine rings is 1. The number of aromatic amines is 1. The first-order chi connectivity index (χ1) is 16.2. The maximum absolute atomic E-state index is 12.7. The van der Waals surface area contributed by atoms with Gasteiger partial charge in [0, 0.05) is 47.6 Å². The third-order valence-corrected chi connectivity index (χ3v) is 5.79. The molecule has 33 heavy (non-hydrogen) atoms. The van der Waals surface area contributed by atoms with E-state index in [0.717, 1.165) is 28.0 Å².